The molecule has 168 valence electrons. The summed E-state index contributed by atoms with van der Waals surface area (Å²) >= 11 is 0. The third-order valence-corrected chi connectivity index (χ3v) is 6.68. The first-order valence-electron chi connectivity index (χ1n) is 9.92. The zero-order chi connectivity index (χ0) is 23.1. The first-order chi connectivity index (χ1) is 15.3. The van der Waals surface area contributed by atoms with Crippen molar-refractivity contribution in [2.75, 3.05) is 26.6 Å². The average molecular weight is 455 g/mol. The Balaban J connectivity index is 1.87. The number of anilines is 1. The van der Waals surface area contributed by atoms with E-state index in [9.17, 15) is 13.2 Å². The van der Waals surface area contributed by atoms with Crippen LogP contribution in [0.15, 0.2) is 77.7 Å². The molecule has 0 radical (unpaired) electrons. The second-order valence-electron chi connectivity index (χ2n) is 7.20. The van der Waals surface area contributed by atoms with Crippen molar-refractivity contribution in [3.8, 4) is 5.75 Å². The van der Waals surface area contributed by atoms with E-state index in [0.717, 1.165) is 11.1 Å². The van der Waals surface area contributed by atoms with Crippen molar-refractivity contribution in [3.63, 3.8) is 0 Å². The van der Waals surface area contributed by atoms with Crippen LogP contribution in [0.3, 0.4) is 0 Å². The molecule has 3 rings (SSSR count). The molecule has 0 saturated heterocycles. The molecule has 7 nitrogen and oxygen atoms in total. The molecule has 0 saturated carbocycles. The summed E-state index contributed by atoms with van der Waals surface area (Å²) in [4.78, 5) is 12.8. The lowest BCUT2D eigenvalue weighted by molar-refractivity contribution is 0.102. The summed E-state index contributed by atoms with van der Waals surface area (Å²) in [6, 6.07) is 20.9. The second-order valence-corrected chi connectivity index (χ2v) is 9.21. The van der Waals surface area contributed by atoms with E-state index >= 15 is 0 Å². The number of nitrogens with one attached hydrogen (secondary N) is 1. The van der Waals surface area contributed by atoms with Crippen molar-refractivity contribution in [3.05, 3.63) is 89.5 Å². The Hall–Kier alpha value is -3.20. The molecule has 0 aliphatic carbocycles. The van der Waals surface area contributed by atoms with Crippen molar-refractivity contribution in [2.45, 2.75) is 18.0 Å². The lowest BCUT2D eigenvalue weighted by Crippen LogP contribution is -2.27. The van der Waals surface area contributed by atoms with Crippen LogP contribution < -0.4 is 10.1 Å². The minimum Gasteiger partial charge on any atom is -0.495 e. The molecule has 0 bridgehead atoms. The predicted molar refractivity (Wildman–Crippen MR) is 123 cm³/mol. The van der Waals surface area contributed by atoms with Crippen LogP contribution >= 0.6 is 0 Å². The normalized spacial score (nSPS) is 11.4. The molecular formula is C24H26N2O5S. The molecule has 3 aromatic rings. The van der Waals surface area contributed by atoms with Crippen LogP contribution in [-0.2, 0) is 27.9 Å². The Morgan fingerprint density at radius 3 is 2.34 bits per heavy atom. The third kappa shape index (κ3) is 5.53. The number of hydrogen-bond acceptors (Lipinski definition) is 5. The zero-order valence-electron chi connectivity index (χ0n) is 18.2. The number of sulfonamides is 1. The summed E-state index contributed by atoms with van der Waals surface area (Å²) in [6.07, 6.45) is 0. The van der Waals surface area contributed by atoms with Crippen LogP contribution in [-0.4, -0.2) is 39.9 Å². The molecule has 3 aromatic carbocycles. The number of carbonyl (C=O) groups excluding carboxylic acids is 1. The lowest BCUT2D eigenvalue weighted by Gasteiger charge is -2.19. The van der Waals surface area contributed by atoms with Gasteiger partial charge in [0.15, 0.2) is 0 Å². The quantitative estimate of drug-likeness (QED) is 0.530. The van der Waals surface area contributed by atoms with Gasteiger partial charge in [0.1, 0.15) is 10.6 Å². The van der Waals surface area contributed by atoms with Gasteiger partial charge in [-0.05, 0) is 41.5 Å². The Kier molecular flexibility index (Phi) is 7.63. The SMILES string of the molecule is COCc1cccc(NC(=O)c2ccc(OC)c(S(=O)(=O)N(C)Cc3ccccc3)c2)c1. The molecular weight excluding hydrogens is 428 g/mol. The van der Waals surface area contributed by atoms with Crippen LogP contribution in [0.25, 0.3) is 0 Å². The number of hydrogen-bond donors (Lipinski definition) is 1. The maximum Gasteiger partial charge on any atom is 0.255 e. The Labute approximate surface area is 188 Å². The standard InChI is InChI=1S/C24H26N2O5S/c1-26(16-18-8-5-4-6-9-18)32(28,29)23-15-20(12-13-22(23)31-3)24(27)25-21-11-7-10-19(14-21)17-30-2/h4-15H,16-17H2,1-3H3,(H,25,27). The fourth-order valence-electron chi connectivity index (χ4n) is 3.22. The van der Waals surface area contributed by atoms with E-state index in [0.29, 0.717) is 12.3 Å². The van der Waals surface area contributed by atoms with E-state index in [2.05, 4.69) is 5.32 Å². The maximum atomic E-state index is 13.3. The molecule has 8 heteroatoms. The minimum atomic E-state index is -3.91. The Morgan fingerprint density at radius 2 is 1.66 bits per heavy atom. The van der Waals surface area contributed by atoms with Crippen LogP contribution in [0.5, 0.6) is 5.75 Å². The van der Waals surface area contributed by atoms with Crippen LogP contribution in [0.4, 0.5) is 5.69 Å². The summed E-state index contributed by atoms with van der Waals surface area (Å²) in [5.74, 6) is -0.257. The molecule has 32 heavy (non-hydrogen) atoms. The highest BCUT2D eigenvalue weighted by atomic mass is 32.2. The summed E-state index contributed by atoms with van der Waals surface area (Å²) in [7, 11) is 0.577. The molecule has 0 unspecified atom stereocenters. The van der Waals surface area contributed by atoms with Crippen molar-refractivity contribution < 1.29 is 22.7 Å². The van der Waals surface area contributed by atoms with E-state index < -0.39 is 15.9 Å². The van der Waals surface area contributed by atoms with Gasteiger partial charge < -0.3 is 14.8 Å². The Morgan fingerprint density at radius 1 is 0.938 bits per heavy atom. The third-order valence-electron chi connectivity index (χ3n) is 4.86. The number of carbonyl (C=O) groups is 1. The van der Waals surface area contributed by atoms with Crippen molar-refractivity contribution >= 4 is 21.6 Å². The van der Waals surface area contributed by atoms with Gasteiger partial charge in [-0.2, -0.15) is 4.31 Å². The second kappa shape index (κ2) is 10.4. The van der Waals surface area contributed by atoms with Crippen molar-refractivity contribution in [2.24, 2.45) is 0 Å². The average Bonchev–Trinajstić information content (AvgIpc) is 2.79. The van der Waals surface area contributed by atoms with Gasteiger partial charge in [0.25, 0.3) is 5.91 Å². The zero-order valence-corrected chi connectivity index (χ0v) is 19.1. The van der Waals surface area contributed by atoms with Crippen LogP contribution in [0.2, 0.25) is 0 Å². The highest BCUT2D eigenvalue weighted by molar-refractivity contribution is 7.89. The number of nitrogens with zero attached hydrogens (tertiary/aromatic N) is 1. The molecule has 0 aliphatic heterocycles. The van der Waals surface area contributed by atoms with Crippen LogP contribution in [0, 0.1) is 0 Å². The molecule has 1 amide bonds. The highest BCUT2D eigenvalue weighted by Gasteiger charge is 2.26. The first-order valence-corrected chi connectivity index (χ1v) is 11.4. The van der Waals surface area contributed by atoms with Gasteiger partial charge in [-0.15, -0.1) is 0 Å². The summed E-state index contributed by atoms with van der Waals surface area (Å²) in [5, 5.41) is 2.80. The van der Waals surface area contributed by atoms with Crippen LogP contribution in [0.1, 0.15) is 21.5 Å². The fraction of sp³-hybridized carbons (Fsp3) is 0.208. The molecule has 1 N–H and O–H groups in total. The van der Waals surface area contributed by atoms with Gasteiger partial charge in [-0.25, -0.2) is 8.42 Å². The van der Waals surface area contributed by atoms with Gasteiger partial charge in [0.2, 0.25) is 10.0 Å². The predicted octanol–water partition coefficient (Wildman–Crippen LogP) is 3.91. The van der Waals surface area contributed by atoms with E-state index in [4.69, 9.17) is 9.47 Å². The molecule has 0 atom stereocenters. The largest absolute Gasteiger partial charge is 0.495 e. The Bertz CT molecular complexity index is 1180. The van der Waals surface area contributed by atoms with Gasteiger partial charge >= 0.3 is 0 Å². The topological polar surface area (TPSA) is 84.9 Å². The number of rotatable bonds is 9. The van der Waals surface area contributed by atoms with Crippen molar-refractivity contribution in [1.29, 1.82) is 0 Å². The van der Waals surface area contributed by atoms with Gasteiger partial charge in [-0.1, -0.05) is 42.5 Å². The van der Waals surface area contributed by atoms with E-state index in [-0.39, 0.29) is 22.8 Å². The first kappa shape index (κ1) is 23.5. The van der Waals surface area contributed by atoms with E-state index in [1.165, 1.54) is 36.7 Å². The summed E-state index contributed by atoms with van der Waals surface area (Å²) in [5.41, 5.74) is 2.55. The van der Waals surface area contributed by atoms with E-state index in [1.54, 1.807) is 19.2 Å². The summed E-state index contributed by atoms with van der Waals surface area (Å²) < 4.78 is 38.2. The number of methoxy groups -OCH3 is 2. The smallest absolute Gasteiger partial charge is 0.255 e. The fourth-order valence-corrected chi connectivity index (χ4v) is 4.56. The molecule has 0 aliphatic rings. The molecule has 0 heterocycles. The minimum absolute atomic E-state index is 0.0702. The monoisotopic (exact) mass is 454 g/mol. The molecule has 0 fully saturated rings. The van der Waals surface area contributed by atoms with Crippen molar-refractivity contribution in [1.82, 2.24) is 4.31 Å². The molecule has 0 aromatic heterocycles. The van der Waals surface area contributed by atoms with Gasteiger partial charge in [-0.3, -0.25) is 4.79 Å². The maximum absolute atomic E-state index is 13.3. The molecule has 0 spiro atoms. The number of benzene rings is 3. The number of ether oxygens (including phenoxy) is 2. The number of amides is 1. The van der Waals surface area contributed by atoms with Gasteiger partial charge in [0, 0.05) is 32.0 Å². The van der Waals surface area contributed by atoms with E-state index in [1.807, 2.05) is 42.5 Å². The lowest BCUT2D eigenvalue weighted by atomic mass is 10.1. The highest BCUT2D eigenvalue weighted by Crippen LogP contribution is 2.28. The van der Waals surface area contributed by atoms with Gasteiger partial charge in [0.05, 0.1) is 13.7 Å². The summed E-state index contributed by atoms with van der Waals surface area (Å²) in [6.45, 7) is 0.609.